The maximum atomic E-state index is 5.25. The summed E-state index contributed by atoms with van der Waals surface area (Å²) in [5.41, 5.74) is 15.2. The zero-order valence-electron chi connectivity index (χ0n) is 32.7. The van der Waals surface area contributed by atoms with E-state index in [1.54, 1.807) is 18.6 Å². The first-order valence-corrected chi connectivity index (χ1v) is 20.1. The molecular weight excluding hydrogens is 733 g/mol. The molecule has 6 heteroatoms. The Kier molecular flexibility index (Phi) is 10.00. The second-order valence-corrected chi connectivity index (χ2v) is 14.9. The average Bonchev–Trinajstić information content (AvgIpc) is 3.35. The van der Waals surface area contributed by atoms with Gasteiger partial charge in [0.25, 0.3) is 0 Å². The summed E-state index contributed by atoms with van der Waals surface area (Å²) in [6, 6.07) is 54.9. The van der Waals surface area contributed by atoms with Crippen LogP contribution in [0, 0.1) is 0 Å². The molecule has 0 saturated carbocycles. The fourth-order valence-electron chi connectivity index (χ4n) is 7.82. The summed E-state index contributed by atoms with van der Waals surface area (Å²) < 4.78 is 0. The fourth-order valence-corrected chi connectivity index (χ4v) is 7.82. The van der Waals surface area contributed by atoms with E-state index in [2.05, 4.69) is 173 Å². The third-order valence-electron chi connectivity index (χ3n) is 10.9. The molecule has 0 fully saturated rings. The smallest absolute Gasteiger partial charge is 0.163 e. The fraction of sp³-hybridized carbons (Fsp3) is 0.0370. The molecule has 1 atom stereocenters. The molecule has 1 aliphatic rings. The van der Waals surface area contributed by atoms with Gasteiger partial charge in [-0.25, -0.2) is 15.0 Å². The Balaban J connectivity index is 1.04. The number of hydrogen-bond donors (Lipinski definition) is 0. The van der Waals surface area contributed by atoms with E-state index in [9.17, 15) is 0 Å². The minimum Gasteiger partial charge on any atom is -0.264 e. The average molecular weight is 771 g/mol. The first-order valence-electron chi connectivity index (χ1n) is 20.1. The number of aromatic nitrogens is 6. The number of nitrogens with zero attached hydrogens (tertiary/aromatic N) is 6. The Bertz CT molecular complexity index is 2870. The van der Waals surface area contributed by atoms with Crippen molar-refractivity contribution in [2.24, 2.45) is 0 Å². The molecule has 0 aliphatic heterocycles. The molecule has 0 saturated heterocycles. The first kappa shape index (κ1) is 36.4. The molecule has 60 heavy (non-hydrogen) atoms. The van der Waals surface area contributed by atoms with E-state index in [-0.39, 0.29) is 5.92 Å². The Morgan fingerprint density at radius 1 is 0.350 bits per heavy atom. The molecule has 284 valence electrons. The standard InChI is InChI=1S/C54H38N6/c1-10-37(28-43(16-1)49-22-7-25-55-34-49)40-13-4-19-46(31-40)52-58-53(47-20-5-14-41(32-47)38-11-2-17-44(29-38)50-23-8-26-56-35-50)60-54(59-52)48-21-6-15-42(33-48)39-12-3-18-45(30-39)51-24-9-27-57-36-51/h1-32,34-36,48H,33H2. The summed E-state index contributed by atoms with van der Waals surface area (Å²) in [4.78, 5) is 28.7. The molecule has 9 aromatic rings. The molecule has 0 N–H and O–H groups in total. The van der Waals surface area contributed by atoms with Gasteiger partial charge in [-0.2, -0.15) is 0 Å². The predicted molar refractivity (Wildman–Crippen MR) is 242 cm³/mol. The number of rotatable bonds is 9. The molecule has 4 heterocycles. The monoisotopic (exact) mass is 770 g/mol. The van der Waals surface area contributed by atoms with E-state index < -0.39 is 0 Å². The van der Waals surface area contributed by atoms with Gasteiger partial charge < -0.3 is 0 Å². The Morgan fingerprint density at radius 2 is 0.700 bits per heavy atom. The SMILES string of the molecule is C1=CC(c2nc(-c3cccc(-c4cccc(-c5cccnc5)c4)c3)nc(-c3cccc(-c4cccc(-c5cccnc5)c4)c3)n2)CC(c2cccc(-c3cccnc3)c2)=C1. The largest absolute Gasteiger partial charge is 0.264 e. The zero-order valence-corrected chi connectivity index (χ0v) is 32.7. The van der Waals surface area contributed by atoms with Gasteiger partial charge in [0.15, 0.2) is 11.6 Å². The van der Waals surface area contributed by atoms with Gasteiger partial charge in [-0.15, -0.1) is 0 Å². The van der Waals surface area contributed by atoms with Gasteiger partial charge in [0.2, 0.25) is 0 Å². The van der Waals surface area contributed by atoms with Gasteiger partial charge in [0, 0.05) is 70.9 Å². The lowest BCUT2D eigenvalue weighted by molar-refractivity contribution is 0.773. The highest BCUT2D eigenvalue weighted by atomic mass is 15.0. The summed E-state index contributed by atoms with van der Waals surface area (Å²) in [7, 11) is 0. The van der Waals surface area contributed by atoms with Gasteiger partial charge in [-0.05, 0) is 105 Å². The topological polar surface area (TPSA) is 77.3 Å². The van der Waals surface area contributed by atoms with Crippen LogP contribution in [-0.4, -0.2) is 29.9 Å². The van der Waals surface area contributed by atoms with Gasteiger partial charge in [-0.3, -0.25) is 15.0 Å². The van der Waals surface area contributed by atoms with Crippen LogP contribution in [0.3, 0.4) is 0 Å². The van der Waals surface area contributed by atoms with Crippen molar-refractivity contribution in [3.63, 3.8) is 0 Å². The summed E-state index contributed by atoms with van der Waals surface area (Å²) in [5.74, 6) is 1.93. The molecular formula is C54H38N6. The van der Waals surface area contributed by atoms with Crippen molar-refractivity contribution in [2.75, 3.05) is 0 Å². The van der Waals surface area contributed by atoms with Crippen molar-refractivity contribution < 1.29 is 0 Å². The second-order valence-electron chi connectivity index (χ2n) is 14.9. The van der Waals surface area contributed by atoms with Gasteiger partial charge in [-0.1, -0.05) is 127 Å². The van der Waals surface area contributed by atoms with Crippen LogP contribution in [0.5, 0.6) is 0 Å². The number of pyridine rings is 3. The number of hydrogen-bond acceptors (Lipinski definition) is 6. The summed E-state index contributed by atoms with van der Waals surface area (Å²) in [6.45, 7) is 0. The lowest BCUT2D eigenvalue weighted by Crippen LogP contribution is -2.09. The summed E-state index contributed by atoms with van der Waals surface area (Å²) >= 11 is 0. The van der Waals surface area contributed by atoms with E-state index in [4.69, 9.17) is 15.0 Å². The van der Waals surface area contributed by atoms with Gasteiger partial charge in [0.05, 0.1) is 0 Å². The predicted octanol–water partition coefficient (Wildman–Crippen LogP) is 12.9. The minimum absolute atomic E-state index is 0.0637. The molecule has 0 spiro atoms. The third kappa shape index (κ3) is 7.82. The third-order valence-corrected chi connectivity index (χ3v) is 10.9. The number of benzene rings is 5. The first-order chi connectivity index (χ1) is 29.7. The lowest BCUT2D eigenvalue weighted by atomic mass is 9.88. The van der Waals surface area contributed by atoms with Crippen molar-refractivity contribution in [1.29, 1.82) is 0 Å². The quantitative estimate of drug-likeness (QED) is 0.145. The van der Waals surface area contributed by atoms with E-state index in [1.165, 1.54) is 11.1 Å². The highest BCUT2D eigenvalue weighted by Crippen LogP contribution is 2.37. The summed E-state index contributed by atoms with van der Waals surface area (Å²) in [5, 5.41) is 0. The van der Waals surface area contributed by atoms with Gasteiger partial charge in [0.1, 0.15) is 5.82 Å². The van der Waals surface area contributed by atoms with Crippen LogP contribution in [-0.2, 0) is 0 Å². The highest BCUT2D eigenvalue weighted by Gasteiger charge is 2.22. The molecule has 1 aliphatic carbocycles. The molecule has 10 rings (SSSR count). The maximum Gasteiger partial charge on any atom is 0.163 e. The van der Waals surface area contributed by atoms with Crippen molar-refractivity contribution in [1.82, 2.24) is 29.9 Å². The van der Waals surface area contributed by atoms with Crippen molar-refractivity contribution in [3.05, 3.63) is 225 Å². The van der Waals surface area contributed by atoms with E-state index in [0.717, 1.165) is 79.0 Å². The molecule has 0 radical (unpaired) electrons. The van der Waals surface area contributed by atoms with Crippen molar-refractivity contribution >= 4 is 5.57 Å². The summed E-state index contributed by atoms with van der Waals surface area (Å²) in [6.07, 6.45) is 18.4. The van der Waals surface area contributed by atoms with Crippen LogP contribution >= 0.6 is 0 Å². The van der Waals surface area contributed by atoms with Crippen LogP contribution < -0.4 is 0 Å². The van der Waals surface area contributed by atoms with Crippen LogP contribution in [0.4, 0.5) is 0 Å². The highest BCUT2D eigenvalue weighted by molar-refractivity contribution is 5.79. The van der Waals surface area contributed by atoms with Crippen LogP contribution in [0.25, 0.3) is 84.0 Å². The maximum absolute atomic E-state index is 5.25. The Labute approximate surface area is 349 Å². The lowest BCUT2D eigenvalue weighted by Gasteiger charge is -2.20. The molecule has 1 unspecified atom stereocenters. The van der Waals surface area contributed by atoms with E-state index >= 15 is 0 Å². The number of allylic oxidation sites excluding steroid dienone is 4. The minimum atomic E-state index is -0.0637. The van der Waals surface area contributed by atoms with Crippen LogP contribution in [0.15, 0.2) is 213 Å². The zero-order chi connectivity index (χ0) is 40.1. The van der Waals surface area contributed by atoms with Gasteiger partial charge >= 0.3 is 0 Å². The van der Waals surface area contributed by atoms with E-state index in [1.807, 2.05) is 36.8 Å². The molecule has 0 bridgehead atoms. The molecule has 5 aromatic carbocycles. The molecule has 0 amide bonds. The van der Waals surface area contributed by atoms with Crippen molar-refractivity contribution in [2.45, 2.75) is 12.3 Å². The Morgan fingerprint density at radius 3 is 1.12 bits per heavy atom. The van der Waals surface area contributed by atoms with E-state index in [0.29, 0.717) is 11.6 Å². The molecule has 6 nitrogen and oxygen atoms in total. The van der Waals surface area contributed by atoms with Crippen molar-refractivity contribution in [3.8, 4) is 78.4 Å². The molecule has 4 aromatic heterocycles. The Hall–Kier alpha value is -7.96. The second kappa shape index (κ2) is 16.5. The van der Waals surface area contributed by atoms with Crippen LogP contribution in [0.1, 0.15) is 23.7 Å². The normalized spacial score (nSPS) is 13.5. The van der Waals surface area contributed by atoms with Crippen LogP contribution in [0.2, 0.25) is 0 Å².